The maximum atomic E-state index is 12.7. The van der Waals surface area contributed by atoms with Crippen molar-refractivity contribution < 1.29 is 22.6 Å². The van der Waals surface area contributed by atoms with Gasteiger partial charge in [0.1, 0.15) is 17.4 Å². The zero-order valence-corrected chi connectivity index (χ0v) is 18.4. The number of alkyl halides is 3. The van der Waals surface area contributed by atoms with E-state index in [9.17, 15) is 13.2 Å². The maximum Gasteiger partial charge on any atom is 0.573 e. The smallest absolute Gasteiger partial charge is 0.406 e. The number of benzene rings is 2. The third-order valence-electron chi connectivity index (χ3n) is 5.46. The van der Waals surface area contributed by atoms with Crippen molar-refractivity contribution in [3.05, 3.63) is 66.4 Å². The van der Waals surface area contributed by atoms with Crippen LogP contribution in [-0.4, -0.2) is 47.6 Å². The van der Waals surface area contributed by atoms with Gasteiger partial charge in [-0.3, -0.25) is 4.98 Å². The Kier molecular flexibility index (Phi) is 6.00. The van der Waals surface area contributed by atoms with Gasteiger partial charge in [-0.15, -0.1) is 13.2 Å². The van der Waals surface area contributed by atoms with Gasteiger partial charge < -0.3 is 25.1 Å². The molecule has 11 heteroatoms. The molecular weight excluding hydrogens is 461 g/mol. The van der Waals surface area contributed by atoms with Crippen molar-refractivity contribution in [2.45, 2.75) is 6.36 Å². The minimum absolute atomic E-state index is 0.335. The van der Waals surface area contributed by atoms with E-state index in [0.29, 0.717) is 60.4 Å². The van der Waals surface area contributed by atoms with Crippen LogP contribution in [0.3, 0.4) is 0 Å². The van der Waals surface area contributed by atoms with Crippen molar-refractivity contribution in [3.63, 3.8) is 0 Å². The van der Waals surface area contributed by atoms with Gasteiger partial charge in [0, 0.05) is 41.7 Å². The number of nitrogen functional groups attached to an aromatic ring is 1. The van der Waals surface area contributed by atoms with E-state index < -0.39 is 6.36 Å². The second-order valence-corrected chi connectivity index (χ2v) is 7.88. The second-order valence-electron chi connectivity index (χ2n) is 7.88. The molecule has 1 saturated heterocycles. The third-order valence-corrected chi connectivity index (χ3v) is 5.46. The molecule has 35 heavy (non-hydrogen) atoms. The SMILES string of the molecule is Nc1[nH]cc2cc(N=c3cc(-c4cccc(OC(F)(F)F)c4)ncc(N4CCOCC4)n3)ccc12. The summed E-state index contributed by atoms with van der Waals surface area (Å²) in [6.45, 7) is 2.39. The molecular formula is C24H21F3N6O2. The van der Waals surface area contributed by atoms with Gasteiger partial charge in [-0.05, 0) is 30.3 Å². The predicted molar refractivity (Wildman–Crippen MR) is 125 cm³/mol. The second kappa shape index (κ2) is 9.26. The van der Waals surface area contributed by atoms with Crippen LogP contribution in [0.15, 0.2) is 65.9 Å². The highest BCUT2D eigenvalue weighted by atomic mass is 19.4. The van der Waals surface area contributed by atoms with Gasteiger partial charge in [-0.1, -0.05) is 12.1 Å². The van der Waals surface area contributed by atoms with E-state index in [4.69, 9.17) is 15.5 Å². The molecule has 0 spiro atoms. The Morgan fingerprint density at radius 3 is 2.71 bits per heavy atom. The van der Waals surface area contributed by atoms with Crippen LogP contribution in [0.2, 0.25) is 0 Å². The Balaban J connectivity index is 1.61. The first kappa shape index (κ1) is 22.7. The summed E-state index contributed by atoms with van der Waals surface area (Å²) in [5.41, 5.74) is 7.75. The Labute approximate surface area is 197 Å². The lowest BCUT2D eigenvalue weighted by atomic mass is 10.1. The molecule has 2 aromatic heterocycles. The Morgan fingerprint density at radius 2 is 1.91 bits per heavy atom. The molecule has 3 N–H and O–H groups in total. The molecule has 0 saturated carbocycles. The van der Waals surface area contributed by atoms with Gasteiger partial charge in [0.2, 0.25) is 0 Å². The van der Waals surface area contributed by atoms with E-state index in [0.717, 1.165) is 10.8 Å². The van der Waals surface area contributed by atoms with E-state index in [1.807, 2.05) is 23.1 Å². The van der Waals surface area contributed by atoms with Crippen LogP contribution < -0.4 is 20.9 Å². The summed E-state index contributed by atoms with van der Waals surface area (Å²) in [7, 11) is 0. The molecule has 1 aliphatic heterocycles. The molecule has 0 bridgehead atoms. The van der Waals surface area contributed by atoms with Gasteiger partial charge in [-0.25, -0.2) is 9.98 Å². The molecule has 0 amide bonds. The number of fused-ring (bicyclic) bond motifs is 1. The summed E-state index contributed by atoms with van der Waals surface area (Å²) in [5.74, 6) is 0.824. The first-order valence-corrected chi connectivity index (χ1v) is 10.8. The van der Waals surface area contributed by atoms with E-state index in [-0.39, 0.29) is 5.75 Å². The Bertz CT molecular complexity index is 1430. The number of H-pyrrole nitrogens is 1. The minimum Gasteiger partial charge on any atom is -0.406 e. The summed E-state index contributed by atoms with van der Waals surface area (Å²) in [4.78, 5) is 18.9. The average molecular weight is 482 g/mol. The van der Waals surface area contributed by atoms with Crippen molar-refractivity contribution in [1.82, 2.24) is 15.0 Å². The van der Waals surface area contributed by atoms with Crippen LogP contribution in [0.25, 0.3) is 22.0 Å². The zero-order valence-electron chi connectivity index (χ0n) is 18.4. The molecule has 0 unspecified atom stereocenters. The van der Waals surface area contributed by atoms with Gasteiger partial charge in [0.25, 0.3) is 0 Å². The summed E-state index contributed by atoms with van der Waals surface area (Å²) >= 11 is 0. The molecule has 8 nitrogen and oxygen atoms in total. The van der Waals surface area contributed by atoms with E-state index in [1.165, 1.54) is 18.2 Å². The molecule has 3 heterocycles. The van der Waals surface area contributed by atoms with Crippen molar-refractivity contribution in [1.29, 1.82) is 0 Å². The number of ether oxygens (including phenoxy) is 2. The monoisotopic (exact) mass is 482 g/mol. The van der Waals surface area contributed by atoms with E-state index in [1.54, 1.807) is 24.5 Å². The molecule has 1 fully saturated rings. The van der Waals surface area contributed by atoms with Crippen LogP contribution in [-0.2, 0) is 4.74 Å². The molecule has 5 rings (SSSR count). The summed E-state index contributed by atoms with van der Waals surface area (Å²) in [6.07, 6.45) is -1.41. The van der Waals surface area contributed by atoms with Crippen LogP contribution in [0.4, 0.5) is 30.5 Å². The Hall–Kier alpha value is -4.12. The Morgan fingerprint density at radius 1 is 1.09 bits per heavy atom. The molecule has 4 aromatic rings. The number of halogens is 3. The van der Waals surface area contributed by atoms with Gasteiger partial charge in [-0.2, -0.15) is 0 Å². The number of nitrogens with two attached hydrogens (primary N) is 1. The molecule has 0 atom stereocenters. The number of aromatic amines is 1. The fourth-order valence-electron chi connectivity index (χ4n) is 3.83. The number of hydrogen-bond donors (Lipinski definition) is 2. The minimum atomic E-state index is -4.79. The van der Waals surface area contributed by atoms with Gasteiger partial charge in [0.15, 0.2) is 5.49 Å². The molecule has 0 radical (unpaired) electrons. The van der Waals surface area contributed by atoms with E-state index >= 15 is 0 Å². The lowest BCUT2D eigenvalue weighted by Gasteiger charge is -2.26. The quantitative estimate of drug-likeness (QED) is 0.453. The average Bonchev–Trinajstić information content (AvgIpc) is 3.06. The van der Waals surface area contributed by atoms with Crippen LogP contribution in [0.1, 0.15) is 0 Å². The third kappa shape index (κ3) is 5.35. The molecule has 180 valence electrons. The number of hydrogen-bond acceptors (Lipinski definition) is 7. The highest BCUT2D eigenvalue weighted by molar-refractivity contribution is 5.93. The van der Waals surface area contributed by atoms with Crippen molar-refractivity contribution in [2.24, 2.45) is 4.99 Å². The van der Waals surface area contributed by atoms with Crippen LogP contribution >= 0.6 is 0 Å². The first-order valence-electron chi connectivity index (χ1n) is 10.8. The van der Waals surface area contributed by atoms with Crippen LogP contribution in [0, 0.1) is 0 Å². The highest BCUT2D eigenvalue weighted by Gasteiger charge is 2.31. The van der Waals surface area contributed by atoms with Crippen molar-refractivity contribution in [3.8, 4) is 17.0 Å². The fourth-order valence-corrected chi connectivity index (χ4v) is 3.83. The first-order chi connectivity index (χ1) is 16.8. The lowest BCUT2D eigenvalue weighted by molar-refractivity contribution is -0.274. The van der Waals surface area contributed by atoms with Crippen molar-refractivity contribution >= 4 is 28.1 Å². The van der Waals surface area contributed by atoms with Crippen molar-refractivity contribution in [2.75, 3.05) is 36.9 Å². The fraction of sp³-hybridized carbons (Fsp3) is 0.208. The maximum absolute atomic E-state index is 12.7. The number of aromatic nitrogens is 3. The lowest BCUT2D eigenvalue weighted by Crippen LogP contribution is -2.37. The standard InChI is InChI=1S/C24H21F3N6O2/c25-24(26,27)35-18-3-1-2-15(11-18)20-12-21(32-22(14-29-20)33-6-8-34-9-7-33)31-17-4-5-19-16(10-17)13-30-23(19)28/h1-5,10-14,30H,6-9,28H2. The highest BCUT2D eigenvalue weighted by Crippen LogP contribution is 2.27. The largest absolute Gasteiger partial charge is 0.573 e. The summed E-state index contributed by atoms with van der Waals surface area (Å²) < 4.78 is 47.7. The number of rotatable bonds is 4. The molecule has 1 aliphatic rings. The number of nitrogens with zero attached hydrogens (tertiary/aromatic N) is 4. The number of nitrogens with one attached hydrogen (secondary N) is 1. The zero-order chi connectivity index (χ0) is 24.4. The van der Waals surface area contributed by atoms with Crippen LogP contribution in [0.5, 0.6) is 5.75 Å². The molecule has 0 aliphatic carbocycles. The van der Waals surface area contributed by atoms with E-state index in [2.05, 4.69) is 19.7 Å². The summed E-state index contributed by atoms with van der Waals surface area (Å²) in [6, 6.07) is 12.8. The van der Waals surface area contributed by atoms with Gasteiger partial charge in [0.05, 0.1) is 30.8 Å². The normalized spacial score (nSPS) is 14.9. The number of anilines is 2. The predicted octanol–water partition coefficient (Wildman–Crippen LogP) is 4.17. The topological polar surface area (TPSA) is 102 Å². The van der Waals surface area contributed by atoms with Gasteiger partial charge >= 0.3 is 6.36 Å². The number of morpholine rings is 1. The molecule has 2 aromatic carbocycles. The summed E-state index contributed by atoms with van der Waals surface area (Å²) in [5, 5.41) is 1.78.